The predicted octanol–water partition coefficient (Wildman–Crippen LogP) is 1.20. The first-order chi connectivity index (χ1) is 14.7. The van der Waals surface area contributed by atoms with E-state index in [4.69, 9.17) is 4.74 Å². The molecule has 2 aliphatic heterocycles. The molecule has 6 nitrogen and oxygen atoms in total. The second kappa shape index (κ2) is 9.87. The van der Waals surface area contributed by atoms with Crippen LogP contribution in [0.25, 0.3) is 0 Å². The molecule has 2 aromatic carbocycles. The minimum atomic E-state index is -0.0692. The van der Waals surface area contributed by atoms with Crippen LogP contribution in [0.15, 0.2) is 54.6 Å². The summed E-state index contributed by atoms with van der Waals surface area (Å²) in [4.78, 5) is 28.1. The van der Waals surface area contributed by atoms with Crippen LogP contribution in [-0.4, -0.2) is 56.1 Å². The summed E-state index contributed by atoms with van der Waals surface area (Å²) in [5, 5.41) is 3.23. The van der Waals surface area contributed by atoms with Crippen molar-refractivity contribution in [1.82, 2.24) is 10.2 Å². The molecule has 0 aromatic heterocycles. The SMILES string of the molecule is O=C(N[C@H](C[NH+]1CCOCC1)c1ccccc1)c1ccc(CN2CCCC2=O)cc1. The Hall–Kier alpha value is -2.70. The third-order valence-electron chi connectivity index (χ3n) is 5.96. The molecule has 0 bridgehead atoms. The number of hydrogen-bond acceptors (Lipinski definition) is 3. The zero-order valence-corrected chi connectivity index (χ0v) is 17.3. The Kier molecular flexibility index (Phi) is 6.77. The molecule has 4 rings (SSSR count). The number of nitrogens with zero attached hydrogens (tertiary/aromatic N) is 1. The molecule has 158 valence electrons. The van der Waals surface area contributed by atoms with Crippen LogP contribution in [0.2, 0.25) is 0 Å². The minimum Gasteiger partial charge on any atom is -0.370 e. The molecule has 2 aliphatic rings. The van der Waals surface area contributed by atoms with Gasteiger partial charge in [-0.25, -0.2) is 0 Å². The normalized spacial score (nSPS) is 18.4. The van der Waals surface area contributed by atoms with Crippen molar-refractivity contribution in [2.75, 3.05) is 39.4 Å². The van der Waals surface area contributed by atoms with E-state index in [9.17, 15) is 9.59 Å². The lowest BCUT2D eigenvalue weighted by atomic mass is 10.0. The fourth-order valence-electron chi connectivity index (χ4n) is 4.19. The number of quaternary nitrogens is 1. The van der Waals surface area contributed by atoms with Crippen molar-refractivity contribution in [3.05, 3.63) is 71.3 Å². The summed E-state index contributed by atoms with van der Waals surface area (Å²) in [6, 6.07) is 17.7. The number of ether oxygens (including phenoxy) is 1. The zero-order chi connectivity index (χ0) is 20.8. The fraction of sp³-hybridized carbons (Fsp3) is 0.417. The van der Waals surface area contributed by atoms with Gasteiger partial charge in [-0.1, -0.05) is 42.5 Å². The van der Waals surface area contributed by atoms with E-state index >= 15 is 0 Å². The lowest BCUT2D eigenvalue weighted by Gasteiger charge is -2.28. The number of hydrogen-bond donors (Lipinski definition) is 2. The molecule has 2 aromatic rings. The van der Waals surface area contributed by atoms with Crippen molar-refractivity contribution >= 4 is 11.8 Å². The number of rotatable bonds is 7. The molecule has 0 spiro atoms. The molecule has 2 amide bonds. The first-order valence-corrected chi connectivity index (χ1v) is 10.8. The Balaban J connectivity index is 1.41. The average Bonchev–Trinajstić information content (AvgIpc) is 3.19. The average molecular weight is 409 g/mol. The Bertz CT molecular complexity index is 848. The van der Waals surface area contributed by atoms with Crippen LogP contribution >= 0.6 is 0 Å². The van der Waals surface area contributed by atoms with Gasteiger partial charge in [0.05, 0.1) is 13.2 Å². The molecule has 2 N–H and O–H groups in total. The Labute approximate surface area is 177 Å². The fourth-order valence-corrected chi connectivity index (χ4v) is 4.19. The van der Waals surface area contributed by atoms with Gasteiger partial charge in [0.2, 0.25) is 5.91 Å². The zero-order valence-electron chi connectivity index (χ0n) is 17.3. The van der Waals surface area contributed by atoms with E-state index in [0.717, 1.165) is 56.9 Å². The number of likely N-dealkylation sites (tertiary alicyclic amines) is 1. The number of benzene rings is 2. The van der Waals surface area contributed by atoms with Crippen LogP contribution in [0, 0.1) is 0 Å². The summed E-state index contributed by atoms with van der Waals surface area (Å²) < 4.78 is 5.47. The summed E-state index contributed by atoms with van der Waals surface area (Å²) in [6.45, 7) is 5.75. The molecule has 2 heterocycles. The van der Waals surface area contributed by atoms with Gasteiger partial charge in [-0.2, -0.15) is 0 Å². The maximum atomic E-state index is 13.0. The molecule has 2 fully saturated rings. The molecule has 6 heteroatoms. The van der Waals surface area contributed by atoms with Gasteiger partial charge in [-0.05, 0) is 29.7 Å². The van der Waals surface area contributed by atoms with Gasteiger partial charge in [-0.3, -0.25) is 9.59 Å². The summed E-state index contributed by atoms with van der Waals surface area (Å²) in [7, 11) is 0. The standard InChI is InChI=1S/C24H29N3O3/c28-23-7-4-12-27(23)17-19-8-10-21(11-9-19)24(29)25-22(20-5-2-1-3-6-20)18-26-13-15-30-16-14-26/h1-3,5-6,8-11,22H,4,7,12-18H2,(H,25,29)/p+1/t22-/m1/s1. The lowest BCUT2D eigenvalue weighted by molar-refractivity contribution is -0.909. The predicted molar refractivity (Wildman–Crippen MR) is 114 cm³/mol. The smallest absolute Gasteiger partial charge is 0.251 e. The second-order valence-electron chi connectivity index (χ2n) is 8.12. The summed E-state index contributed by atoms with van der Waals surface area (Å²) in [6.07, 6.45) is 1.58. The third-order valence-corrected chi connectivity index (χ3v) is 5.96. The van der Waals surface area contributed by atoms with Crippen LogP contribution in [-0.2, 0) is 16.1 Å². The quantitative estimate of drug-likeness (QED) is 0.724. The number of nitrogens with one attached hydrogen (secondary N) is 2. The largest absolute Gasteiger partial charge is 0.370 e. The molecule has 0 radical (unpaired) electrons. The molecule has 0 aliphatic carbocycles. The summed E-state index contributed by atoms with van der Waals surface area (Å²) >= 11 is 0. The molecular formula is C24H30N3O3+. The van der Waals surface area contributed by atoms with Gasteiger partial charge in [0.1, 0.15) is 25.7 Å². The van der Waals surface area contributed by atoms with Crippen molar-refractivity contribution in [3.63, 3.8) is 0 Å². The molecule has 30 heavy (non-hydrogen) atoms. The van der Waals surface area contributed by atoms with E-state index in [2.05, 4.69) is 17.4 Å². The monoisotopic (exact) mass is 408 g/mol. The van der Waals surface area contributed by atoms with Gasteiger partial charge in [-0.15, -0.1) is 0 Å². The second-order valence-corrected chi connectivity index (χ2v) is 8.12. The summed E-state index contributed by atoms with van der Waals surface area (Å²) in [5.74, 6) is 0.147. The van der Waals surface area contributed by atoms with Gasteiger partial charge in [0, 0.05) is 25.1 Å². The molecule has 0 saturated carbocycles. The van der Waals surface area contributed by atoms with Gasteiger partial charge >= 0.3 is 0 Å². The van der Waals surface area contributed by atoms with Crippen molar-refractivity contribution < 1.29 is 19.2 Å². The van der Waals surface area contributed by atoms with Crippen LogP contribution in [0.4, 0.5) is 0 Å². The van der Waals surface area contributed by atoms with E-state index in [1.807, 2.05) is 47.4 Å². The van der Waals surface area contributed by atoms with Gasteiger partial charge in [0.15, 0.2) is 0 Å². The number of carbonyl (C=O) groups is 2. The van der Waals surface area contributed by atoms with Crippen molar-refractivity contribution in [2.24, 2.45) is 0 Å². The highest BCUT2D eigenvalue weighted by Crippen LogP contribution is 2.16. The highest BCUT2D eigenvalue weighted by Gasteiger charge is 2.24. The highest BCUT2D eigenvalue weighted by molar-refractivity contribution is 5.94. The Morgan fingerprint density at radius 1 is 1.07 bits per heavy atom. The first-order valence-electron chi connectivity index (χ1n) is 10.8. The third kappa shape index (κ3) is 5.26. The Morgan fingerprint density at radius 2 is 1.80 bits per heavy atom. The van der Waals surface area contributed by atoms with Crippen molar-refractivity contribution in [1.29, 1.82) is 0 Å². The molecule has 1 atom stereocenters. The topological polar surface area (TPSA) is 63.1 Å². The lowest BCUT2D eigenvalue weighted by Crippen LogP contribution is -3.14. The number of carbonyl (C=O) groups excluding carboxylic acids is 2. The minimum absolute atomic E-state index is 0.0475. The molecule has 2 saturated heterocycles. The number of morpholine rings is 1. The Morgan fingerprint density at radius 3 is 2.47 bits per heavy atom. The van der Waals surface area contributed by atoms with E-state index in [1.54, 1.807) is 0 Å². The maximum absolute atomic E-state index is 13.0. The first kappa shape index (κ1) is 20.6. The van der Waals surface area contributed by atoms with E-state index in [1.165, 1.54) is 4.90 Å². The van der Waals surface area contributed by atoms with E-state index in [0.29, 0.717) is 18.5 Å². The van der Waals surface area contributed by atoms with Crippen LogP contribution in [0.1, 0.15) is 40.4 Å². The highest BCUT2D eigenvalue weighted by atomic mass is 16.5. The van der Waals surface area contributed by atoms with Gasteiger partial charge in [0.25, 0.3) is 5.91 Å². The molecule has 0 unspecified atom stereocenters. The summed E-state index contributed by atoms with van der Waals surface area (Å²) in [5.41, 5.74) is 2.82. The van der Waals surface area contributed by atoms with Crippen LogP contribution < -0.4 is 10.2 Å². The van der Waals surface area contributed by atoms with E-state index < -0.39 is 0 Å². The van der Waals surface area contributed by atoms with Crippen LogP contribution in [0.5, 0.6) is 0 Å². The van der Waals surface area contributed by atoms with Crippen molar-refractivity contribution in [2.45, 2.75) is 25.4 Å². The maximum Gasteiger partial charge on any atom is 0.251 e. The van der Waals surface area contributed by atoms with Crippen molar-refractivity contribution in [3.8, 4) is 0 Å². The van der Waals surface area contributed by atoms with E-state index in [-0.39, 0.29) is 17.9 Å². The van der Waals surface area contributed by atoms with Crippen LogP contribution in [0.3, 0.4) is 0 Å². The van der Waals surface area contributed by atoms with Gasteiger partial charge < -0.3 is 19.9 Å². The molecular weight excluding hydrogens is 378 g/mol. The number of amides is 2.